The summed E-state index contributed by atoms with van der Waals surface area (Å²) in [5.41, 5.74) is 1.89. The van der Waals surface area contributed by atoms with E-state index in [0.29, 0.717) is 39.5 Å². The maximum Gasteiger partial charge on any atom is 0.257 e. The minimum absolute atomic E-state index is 0.155. The third-order valence-corrected chi connectivity index (χ3v) is 5.22. The number of para-hydroxylation sites is 1. The molecule has 2 N–H and O–H groups in total. The predicted molar refractivity (Wildman–Crippen MR) is 115 cm³/mol. The first-order valence-electron chi connectivity index (χ1n) is 8.14. The molecule has 1 amide bonds. The quantitative estimate of drug-likeness (QED) is 0.677. The lowest BCUT2D eigenvalue weighted by Gasteiger charge is -2.31. The van der Waals surface area contributed by atoms with Crippen molar-refractivity contribution in [2.24, 2.45) is 0 Å². The molecular weight excluding hydrogens is 429 g/mol. The number of hydrogen-bond acceptors (Lipinski definition) is 4. The summed E-state index contributed by atoms with van der Waals surface area (Å²) in [5.74, 6) is -0.388. The van der Waals surface area contributed by atoms with Gasteiger partial charge in [-0.25, -0.2) is 0 Å². The highest BCUT2D eigenvalue weighted by molar-refractivity contribution is 7.80. The van der Waals surface area contributed by atoms with Gasteiger partial charge in [0.25, 0.3) is 5.91 Å². The minimum Gasteiger partial charge on any atom is -0.378 e. The number of thiocarbonyl (C=S) groups is 1. The van der Waals surface area contributed by atoms with E-state index < -0.39 is 0 Å². The van der Waals surface area contributed by atoms with Crippen molar-refractivity contribution >= 4 is 69.4 Å². The van der Waals surface area contributed by atoms with Gasteiger partial charge in [0.05, 0.1) is 39.7 Å². The van der Waals surface area contributed by atoms with Crippen LogP contribution < -0.4 is 15.5 Å². The summed E-state index contributed by atoms with van der Waals surface area (Å²) in [6.45, 7) is 2.70. The summed E-state index contributed by atoms with van der Waals surface area (Å²) in [6.07, 6.45) is 0. The summed E-state index contributed by atoms with van der Waals surface area (Å²) < 4.78 is 5.39. The van der Waals surface area contributed by atoms with Gasteiger partial charge in [-0.2, -0.15) is 0 Å². The number of rotatable bonds is 3. The van der Waals surface area contributed by atoms with Crippen LogP contribution in [0, 0.1) is 0 Å². The average molecular weight is 445 g/mol. The van der Waals surface area contributed by atoms with Crippen LogP contribution >= 0.6 is 47.0 Å². The highest BCUT2D eigenvalue weighted by Crippen LogP contribution is 2.34. The molecule has 1 heterocycles. The van der Waals surface area contributed by atoms with Gasteiger partial charge in [-0.1, -0.05) is 40.9 Å². The third-order valence-electron chi connectivity index (χ3n) is 3.97. The molecule has 0 aromatic heterocycles. The Balaban J connectivity index is 1.73. The Morgan fingerprint density at radius 2 is 1.78 bits per heavy atom. The molecule has 27 heavy (non-hydrogen) atoms. The lowest BCUT2D eigenvalue weighted by atomic mass is 10.2. The molecule has 1 aliphatic rings. The smallest absolute Gasteiger partial charge is 0.257 e. The van der Waals surface area contributed by atoms with Gasteiger partial charge >= 0.3 is 0 Å². The SMILES string of the molecule is O=C(NC(=S)Nc1cccc(Cl)c1N1CCOCC1)c1ccc(Cl)c(Cl)c1. The van der Waals surface area contributed by atoms with Gasteiger partial charge in [0, 0.05) is 18.7 Å². The summed E-state index contributed by atoms with van der Waals surface area (Å²) in [5, 5.41) is 7.11. The molecule has 1 aliphatic heterocycles. The van der Waals surface area contributed by atoms with E-state index in [2.05, 4.69) is 15.5 Å². The second kappa shape index (κ2) is 9.08. The molecule has 5 nitrogen and oxygen atoms in total. The largest absolute Gasteiger partial charge is 0.378 e. The van der Waals surface area contributed by atoms with Gasteiger partial charge in [0.15, 0.2) is 5.11 Å². The van der Waals surface area contributed by atoms with E-state index in [1.54, 1.807) is 12.1 Å². The number of carbonyl (C=O) groups excluding carboxylic acids is 1. The van der Waals surface area contributed by atoms with Gasteiger partial charge in [-0.15, -0.1) is 0 Å². The molecule has 0 aliphatic carbocycles. The van der Waals surface area contributed by atoms with Crippen LogP contribution in [0.25, 0.3) is 0 Å². The molecule has 0 saturated carbocycles. The Morgan fingerprint density at radius 3 is 2.48 bits per heavy atom. The standard InChI is InChI=1S/C18H16Cl3N3O2S/c19-12-5-4-11(10-14(12)21)17(25)23-18(27)22-15-3-1-2-13(20)16(15)24-6-8-26-9-7-24/h1-5,10H,6-9H2,(H2,22,23,25,27). The molecule has 1 saturated heterocycles. The number of amides is 1. The molecule has 9 heteroatoms. The maximum atomic E-state index is 12.4. The van der Waals surface area contributed by atoms with E-state index in [1.807, 2.05) is 18.2 Å². The van der Waals surface area contributed by atoms with Crippen LogP contribution in [0.4, 0.5) is 11.4 Å². The molecule has 142 valence electrons. The number of nitrogens with one attached hydrogen (secondary N) is 2. The number of hydrogen-bond donors (Lipinski definition) is 2. The van der Waals surface area contributed by atoms with Gasteiger partial charge in [0.2, 0.25) is 0 Å². The Labute approximate surface area is 177 Å². The highest BCUT2D eigenvalue weighted by Gasteiger charge is 2.19. The Hall–Kier alpha value is -1.57. The van der Waals surface area contributed by atoms with Crippen molar-refractivity contribution in [2.45, 2.75) is 0 Å². The summed E-state index contributed by atoms with van der Waals surface area (Å²) in [4.78, 5) is 14.5. The topological polar surface area (TPSA) is 53.6 Å². The van der Waals surface area contributed by atoms with E-state index in [0.717, 1.165) is 18.8 Å². The molecule has 0 spiro atoms. The van der Waals surface area contributed by atoms with E-state index in [-0.39, 0.29) is 11.0 Å². The summed E-state index contributed by atoms with van der Waals surface area (Å²) in [7, 11) is 0. The Kier molecular flexibility index (Phi) is 6.78. The van der Waals surface area contributed by atoms with Crippen molar-refractivity contribution in [2.75, 3.05) is 36.5 Å². The number of halogens is 3. The first-order chi connectivity index (χ1) is 13.0. The van der Waals surface area contributed by atoms with Crippen molar-refractivity contribution in [1.29, 1.82) is 0 Å². The number of anilines is 2. The zero-order valence-electron chi connectivity index (χ0n) is 14.1. The molecule has 0 atom stereocenters. The Bertz CT molecular complexity index is 873. The summed E-state index contributed by atoms with van der Waals surface area (Å²) >= 11 is 23.5. The first kappa shape index (κ1) is 20.2. The van der Waals surface area contributed by atoms with Crippen LogP contribution in [0.1, 0.15) is 10.4 Å². The lowest BCUT2D eigenvalue weighted by molar-refractivity contribution is 0.0977. The van der Waals surface area contributed by atoms with Crippen LogP contribution in [0.15, 0.2) is 36.4 Å². The number of nitrogens with zero attached hydrogens (tertiary/aromatic N) is 1. The first-order valence-corrected chi connectivity index (χ1v) is 9.68. The minimum atomic E-state index is -0.388. The molecular formula is C18H16Cl3N3O2S. The van der Waals surface area contributed by atoms with Crippen molar-refractivity contribution in [3.8, 4) is 0 Å². The van der Waals surface area contributed by atoms with E-state index in [4.69, 9.17) is 51.8 Å². The molecule has 2 aromatic rings. The number of morpholine rings is 1. The van der Waals surface area contributed by atoms with Crippen LogP contribution in [0.5, 0.6) is 0 Å². The summed E-state index contributed by atoms with van der Waals surface area (Å²) in [6, 6.07) is 10.1. The molecule has 0 unspecified atom stereocenters. The zero-order valence-corrected chi connectivity index (χ0v) is 17.2. The predicted octanol–water partition coefficient (Wildman–Crippen LogP) is 4.61. The number of ether oxygens (including phenoxy) is 1. The van der Waals surface area contributed by atoms with Crippen LogP contribution in [0.2, 0.25) is 15.1 Å². The van der Waals surface area contributed by atoms with Gasteiger partial charge in [0.1, 0.15) is 0 Å². The fourth-order valence-corrected chi connectivity index (χ4v) is 3.49. The van der Waals surface area contributed by atoms with Crippen molar-refractivity contribution in [3.63, 3.8) is 0 Å². The van der Waals surface area contributed by atoms with E-state index in [9.17, 15) is 4.79 Å². The second-order valence-electron chi connectivity index (χ2n) is 5.77. The Morgan fingerprint density at radius 1 is 1.04 bits per heavy atom. The lowest BCUT2D eigenvalue weighted by Crippen LogP contribution is -2.38. The maximum absolute atomic E-state index is 12.4. The monoisotopic (exact) mass is 443 g/mol. The fourth-order valence-electron chi connectivity index (χ4n) is 2.69. The van der Waals surface area contributed by atoms with Crippen molar-refractivity contribution < 1.29 is 9.53 Å². The average Bonchev–Trinajstić information content (AvgIpc) is 2.64. The van der Waals surface area contributed by atoms with Crippen molar-refractivity contribution in [3.05, 3.63) is 57.0 Å². The molecule has 0 radical (unpaired) electrons. The molecule has 1 fully saturated rings. The highest BCUT2D eigenvalue weighted by atomic mass is 35.5. The van der Waals surface area contributed by atoms with Gasteiger partial charge < -0.3 is 15.0 Å². The molecule has 3 rings (SSSR count). The third kappa shape index (κ3) is 5.03. The van der Waals surface area contributed by atoms with Crippen molar-refractivity contribution in [1.82, 2.24) is 5.32 Å². The molecule has 2 aromatic carbocycles. The van der Waals surface area contributed by atoms with E-state index >= 15 is 0 Å². The van der Waals surface area contributed by atoms with Crippen LogP contribution in [-0.4, -0.2) is 37.3 Å². The van der Waals surface area contributed by atoms with Crippen LogP contribution in [0.3, 0.4) is 0 Å². The van der Waals surface area contributed by atoms with Crippen LogP contribution in [-0.2, 0) is 4.74 Å². The normalized spacial score (nSPS) is 14.0. The molecule has 0 bridgehead atoms. The number of carbonyl (C=O) groups is 1. The number of benzene rings is 2. The van der Waals surface area contributed by atoms with Gasteiger partial charge in [-0.05, 0) is 42.5 Å². The second-order valence-corrected chi connectivity index (χ2v) is 7.40. The van der Waals surface area contributed by atoms with E-state index in [1.165, 1.54) is 6.07 Å². The zero-order chi connectivity index (χ0) is 19.4. The van der Waals surface area contributed by atoms with Gasteiger partial charge in [-0.3, -0.25) is 10.1 Å². The fraction of sp³-hybridized carbons (Fsp3) is 0.222.